The number of urea groups is 1. The molecule has 1 saturated carbocycles. The Morgan fingerprint density at radius 2 is 1.95 bits per heavy atom. The van der Waals surface area contributed by atoms with Gasteiger partial charge in [-0.3, -0.25) is 4.79 Å². The van der Waals surface area contributed by atoms with Gasteiger partial charge in [0.25, 0.3) is 0 Å². The van der Waals surface area contributed by atoms with Crippen LogP contribution in [0.3, 0.4) is 0 Å². The van der Waals surface area contributed by atoms with Crippen LogP contribution in [0.1, 0.15) is 18.4 Å². The van der Waals surface area contributed by atoms with E-state index < -0.39 is 35.9 Å². The van der Waals surface area contributed by atoms with E-state index in [0.717, 1.165) is 25.0 Å². The van der Waals surface area contributed by atoms with E-state index >= 15 is 0 Å². The first kappa shape index (κ1) is 16.4. The van der Waals surface area contributed by atoms with Gasteiger partial charge >= 0.3 is 12.2 Å². The minimum absolute atomic E-state index is 0.0905. The summed E-state index contributed by atoms with van der Waals surface area (Å²) in [6.45, 7) is -0.432. The number of alkyl halides is 3. The predicted octanol–water partition coefficient (Wildman–Crippen LogP) is 2.76. The topological polar surface area (TPSA) is 70.2 Å². The van der Waals surface area contributed by atoms with Gasteiger partial charge in [0.2, 0.25) is 5.91 Å². The van der Waals surface area contributed by atoms with E-state index in [2.05, 4.69) is 16.0 Å². The molecule has 3 amide bonds. The highest BCUT2D eigenvalue weighted by molar-refractivity contribution is 6.30. The summed E-state index contributed by atoms with van der Waals surface area (Å²) in [5.74, 6) is -0.765. The first-order chi connectivity index (χ1) is 10.3. The molecule has 0 bridgehead atoms. The van der Waals surface area contributed by atoms with Crippen molar-refractivity contribution < 1.29 is 22.8 Å². The number of anilines is 1. The molecule has 0 atom stereocenters. The fourth-order valence-corrected chi connectivity index (χ4v) is 1.85. The lowest BCUT2D eigenvalue weighted by Gasteiger charge is -2.14. The molecule has 5 nitrogen and oxygen atoms in total. The summed E-state index contributed by atoms with van der Waals surface area (Å²) >= 11 is 5.54. The molecule has 0 heterocycles. The van der Waals surface area contributed by atoms with Crippen molar-refractivity contribution in [2.75, 3.05) is 11.9 Å². The minimum atomic E-state index is -4.65. The Morgan fingerprint density at radius 3 is 2.55 bits per heavy atom. The van der Waals surface area contributed by atoms with Gasteiger partial charge in [-0.25, -0.2) is 4.79 Å². The zero-order chi connectivity index (χ0) is 16.3. The van der Waals surface area contributed by atoms with Crippen molar-refractivity contribution in [3.8, 4) is 0 Å². The molecule has 9 heteroatoms. The maximum Gasteiger partial charge on any atom is 0.418 e. The van der Waals surface area contributed by atoms with Crippen LogP contribution in [0.2, 0.25) is 5.02 Å². The molecular weight excluding hydrogens is 323 g/mol. The van der Waals surface area contributed by atoms with E-state index in [1.165, 1.54) is 6.07 Å². The van der Waals surface area contributed by atoms with E-state index in [9.17, 15) is 22.8 Å². The maximum atomic E-state index is 12.9. The lowest BCUT2D eigenvalue weighted by atomic mass is 10.1. The molecule has 1 aliphatic rings. The number of carbonyl (C=O) groups excluding carboxylic acids is 2. The second kappa shape index (κ2) is 6.43. The number of carbonyl (C=O) groups is 2. The van der Waals surface area contributed by atoms with Gasteiger partial charge in [-0.15, -0.1) is 0 Å². The number of nitrogens with one attached hydrogen (secondary N) is 3. The first-order valence-electron chi connectivity index (χ1n) is 6.46. The average Bonchev–Trinajstić information content (AvgIpc) is 3.21. The van der Waals surface area contributed by atoms with Crippen molar-refractivity contribution in [3.05, 3.63) is 28.8 Å². The van der Waals surface area contributed by atoms with Crippen molar-refractivity contribution in [1.82, 2.24) is 10.6 Å². The SMILES string of the molecule is O=C(CNC(=O)NC1CC1)Nc1ccc(Cl)cc1C(F)(F)F. The smallest absolute Gasteiger partial charge is 0.335 e. The number of halogens is 4. The highest BCUT2D eigenvalue weighted by Crippen LogP contribution is 2.36. The summed E-state index contributed by atoms with van der Waals surface area (Å²) in [6.07, 6.45) is -2.87. The maximum absolute atomic E-state index is 12.9. The van der Waals surface area contributed by atoms with Crippen LogP contribution in [0.15, 0.2) is 18.2 Å². The monoisotopic (exact) mass is 335 g/mol. The van der Waals surface area contributed by atoms with Crippen LogP contribution in [0.5, 0.6) is 0 Å². The van der Waals surface area contributed by atoms with Gasteiger partial charge < -0.3 is 16.0 Å². The van der Waals surface area contributed by atoms with Crippen molar-refractivity contribution in [2.45, 2.75) is 25.1 Å². The Labute approximate surface area is 129 Å². The standard InChI is InChI=1S/C13H13ClF3N3O2/c14-7-1-4-10(9(5-7)13(15,16)17)20-11(21)6-18-12(22)19-8-2-3-8/h1,4-5,8H,2-3,6H2,(H,20,21)(H2,18,19,22). The second-order valence-corrected chi connectivity index (χ2v) is 5.27. The predicted molar refractivity (Wildman–Crippen MR) is 74.6 cm³/mol. The Balaban J connectivity index is 1.94. The zero-order valence-corrected chi connectivity index (χ0v) is 12.0. The van der Waals surface area contributed by atoms with Crippen LogP contribution in [0.4, 0.5) is 23.7 Å². The first-order valence-corrected chi connectivity index (χ1v) is 6.84. The van der Waals surface area contributed by atoms with Crippen molar-refractivity contribution in [1.29, 1.82) is 0 Å². The summed E-state index contributed by atoms with van der Waals surface area (Å²) in [4.78, 5) is 23.0. The Kier molecular flexibility index (Phi) is 4.80. The molecule has 0 unspecified atom stereocenters. The quantitative estimate of drug-likeness (QED) is 0.792. The lowest BCUT2D eigenvalue weighted by molar-refractivity contribution is -0.137. The van der Waals surface area contributed by atoms with Gasteiger partial charge in [0.05, 0.1) is 17.8 Å². The molecule has 3 N–H and O–H groups in total. The van der Waals surface area contributed by atoms with Crippen molar-refractivity contribution in [2.24, 2.45) is 0 Å². The molecule has 0 aromatic heterocycles. The van der Waals surface area contributed by atoms with Gasteiger partial charge in [0.1, 0.15) is 0 Å². The third kappa shape index (κ3) is 4.80. The van der Waals surface area contributed by atoms with Crippen LogP contribution in [0.25, 0.3) is 0 Å². The van der Waals surface area contributed by atoms with Crippen molar-refractivity contribution >= 4 is 29.2 Å². The number of hydrogen-bond donors (Lipinski definition) is 3. The molecule has 0 aliphatic heterocycles. The molecule has 0 spiro atoms. The molecule has 1 fully saturated rings. The normalized spacial score (nSPS) is 14.4. The Morgan fingerprint density at radius 1 is 1.27 bits per heavy atom. The van der Waals surface area contributed by atoms with Gasteiger partial charge in [0, 0.05) is 11.1 Å². The second-order valence-electron chi connectivity index (χ2n) is 4.84. The number of hydrogen-bond acceptors (Lipinski definition) is 2. The Bertz CT molecular complexity index is 588. The molecule has 120 valence electrons. The van der Waals surface area contributed by atoms with Crippen LogP contribution in [-0.4, -0.2) is 24.5 Å². The Hall–Kier alpha value is -1.96. The van der Waals surface area contributed by atoms with Gasteiger partial charge in [-0.1, -0.05) is 11.6 Å². The zero-order valence-electron chi connectivity index (χ0n) is 11.3. The number of benzene rings is 1. The highest BCUT2D eigenvalue weighted by Gasteiger charge is 2.34. The van der Waals surface area contributed by atoms with Gasteiger partial charge in [-0.2, -0.15) is 13.2 Å². The summed E-state index contributed by atoms with van der Waals surface area (Å²) < 4.78 is 38.6. The van der Waals surface area contributed by atoms with Gasteiger partial charge in [0.15, 0.2) is 0 Å². The third-order valence-electron chi connectivity index (χ3n) is 2.88. The van der Waals surface area contributed by atoms with Gasteiger partial charge in [-0.05, 0) is 31.0 Å². The lowest BCUT2D eigenvalue weighted by Crippen LogP contribution is -2.41. The van der Waals surface area contributed by atoms with Crippen LogP contribution in [0, 0.1) is 0 Å². The molecule has 0 saturated heterocycles. The molecular formula is C13H13ClF3N3O2. The molecule has 22 heavy (non-hydrogen) atoms. The fourth-order valence-electron chi connectivity index (χ4n) is 1.68. The third-order valence-corrected chi connectivity index (χ3v) is 3.12. The summed E-state index contributed by atoms with van der Waals surface area (Å²) in [7, 11) is 0. The van der Waals surface area contributed by atoms with Crippen LogP contribution >= 0.6 is 11.6 Å². The minimum Gasteiger partial charge on any atom is -0.335 e. The van der Waals surface area contributed by atoms with Crippen molar-refractivity contribution in [3.63, 3.8) is 0 Å². The van der Waals surface area contributed by atoms with E-state index in [1.54, 1.807) is 0 Å². The molecule has 0 radical (unpaired) electrons. The molecule has 1 aliphatic carbocycles. The van der Waals surface area contributed by atoms with Crippen LogP contribution in [-0.2, 0) is 11.0 Å². The number of amides is 3. The van der Waals surface area contributed by atoms with E-state index in [1.807, 2.05) is 0 Å². The molecule has 2 rings (SSSR count). The average molecular weight is 336 g/mol. The van der Waals surface area contributed by atoms with E-state index in [4.69, 9.17) is 11.6 Å². The largest absolute Gasteiger partial charge is 0.418 e. The summed E-state index contributed by atoms with van der Waals surface area (Å²) in [5.41, 5.74) is -1.46. The molecule has 1 aromatic rings. The number of rotatable bonds is 4. The highest BCUT2D eigenvalue weighted by atomic mass is 35.5. The van der Waals surface area contributed by atoms with E-state index in [0.29, 0.717) is 0 Å². The van der Waals surface area contributed by atoms with E-state index in [-0.39, 0.29) is 11.1 Å². The fraction of sp³-hybridized carbons (Fsp3) is 0.385. The summed E-state index contributed by atoms with van der Waals surface area (Å²) in [6, 6.07) is 2.62. The molecule has 1 aromatic carbocycles. The summed E-state index contributed by atoms with van der Waals surface area (Å²) in [5, 5.41) is 6.88. The van der Waals surface area contributed by atoms with Crippen LogP contribution < -0.4 is 16.0 Å².